The molecular formula is C40H54F3N7O7. The number of likely N-dealkylation sites (tertiary alicyclic amines) is 1. The molecule has 1 aromatic carbocycles. The molecule has 1 saturated heterocycles. The van der Waals surface area contributed by atoms with Gasteiger partial charge in [0.1, 0.15) is 29.8 Å². The van der Waals surface area contributed by atoms with Crippen LogP contribution in [0.5, 0.6) is 5.75 Å². The lowest BCUT2D eigenvalue weighted by molar-refractivity contribution is -0.142. The highest BCUT2D eigenvalue weighted by Crippen LogP contribution is 2.38. The molecule has 5 N–H and O–H groups in total. The summed E-state index contributed by atoms with van der Waals surface area (Å²) in [6, 6.07) is 0.0168. The van der Waals surface area contributed by atoms with Crippen LogP contribution in [-0.4, -0.2) is 98.5 Å². The van der Waals surface area contributed by atoms with Gasteiger partial charge in [-0.2, -0.15) is 13.2 Å². The lowest BCUT2D eigenvalue weighted by Gasteiger charge is -2.42. The Bertz CT molecular complexity index is 1730. The van der Waals surface area contributed by atoms with E-state index in [1.54, 1.807) is 27.7 Å². The van der Waals surface area contributed by atoms with Crippen LogP contribution < -0.4 is 26.0 Å². The summed E-state index contributed by atoms with van der Waals surface area (Å²) in [7, 11) is 0. The number of hydrogen-bond acceptors (Lipinski definition) is 10. The predicted octanol–water partition coefficient (Wildman–Crippen LogP) is 3.68. The zero-order valence-corrected chi connectivity index (χ0v) is 32.8. The highest BCUT2D eigenvalue weighted by atomic mass is 19.4. The maximum atomic E-state index is 14.3. The number of amides is 4. The molecular weight excluding hydrogens is 747 g/mol. The van der Waals surface area contributed by atoms with E-state index in [0.29, 0.717) is 19.3 Å². The molecule has 0 bridgehead atoms. The van der Waals surface area contributed by atoms with Crippen LogP contribution in [0.15, 0.2) is 42.9 Å². The van der Waals surface area contributed by atoms with Gasteiger partial charge in [0, 0.05) is 31.4 Å². The zero-order valence-electron chi connectivity index (χ0n) is 32.8. The van der Waals surface area contributed by atoms with Gasteiger partial charge in [-0.1, -0.05) is 65.5 Å². The van der Waals surface area contributed by atoms with Gasteiger partial charge >= 0.3 is 6.18 Å². The van der Waals surface area contributed by atoms with Crippen LogP contribution in [0, 0.1) is 11.3 Å². The molecule has 3 fully saturated rings. The van der Waals surface area contributed by atoms with E-state index in [4.69, 9.17) is 4.74 Å². The molecule has 57 heavy (non-hydrogen) atoms. The summed E-state index contributed by atoms with van der Waals surface area (Å²) < 4.78 is 47.8. The summed E-state index contributed by atoms with van der Waals surface area (Å²) in [6.45, 7) is 6.84. The minimum Gasteiger partial charge on any atom is -0.488 e. The number of hydrogen-bond donors (Lipinski definition) is 5. The van der Waals surface area contributed by atoms with Gasteiger partial charge in [-0.3, -0.25) is 33.9 Å². The summed E-state index contributed by atoms with van der Waals surface area (Å²) in [5.74, 6) is -4.24. The number of nitrogens with zero attached hydrogens (tertiary/aromatic N) is 3. The Balaban J connectivity index is 1.43. The molecule has 2 unspecified atom stereocenters. The van der Waals surface area contributed by atoms with Gasteiger partial charge < -0.3 is 31.1 Å². The van der Waals surface area contributed by atoms with Gasteiger partial charge in [0.05, 0.1) is 29.9 Å². The average molecular weight is 802 g/mol. The van der Waals surface area contributed by atoms with Crippen molar-refractivity contribution in [2.75, 3.05) is 6.54 Å². The Morgan fingerprint density at radius 3 is 2.28 bits per heavy atom. The fourth-order valence-electron chi connectivity index (χ4n) is 7.58. The first-order valence-electron chi connectivity index (χ1n) is 19.8. The number of benzene rings is 1. The van der Waals surface area contributed by atoms with Gasteiger partial charge in [-0.25, -0.2) is 4.98 Å². The summed E-state index contributed by atoms with van der Waals surface area (Å²) in [6.07, 6.45) is 2.59. The maximum Gasteiger partial charge on any atom is 0.419 e. The molecule has 5 rings (SSSR count). The number of rotatable bonds is 16. The summed E-state index contributed by atoms with van der Waals surface area (Å²) in [4.78, 5) is 77.0. The second-order valence-corrected chi connectivity index (χ2v) is 16.3. The number of aliphatic hydroxyl groups is 1. The summed E-state index contributed by atoms with van der Waals surface area (Å²) in [5, 5.41) is 23.3. The number of ether oxygens (including phenoxy) is 1. The van der Waals surface area contributed by atoms with Gasteiger partial charge in [0.15, 0.2) is 0 Å². The number of ketones is 1. The largest absolute Gasteiger partial charge is 0.488 e. The van der Waals surface area contributed by atoms with Crippen LogP contribution in [0.2, 0.25) is 0 Å². The average Bonchev–Trinajstić information content (AvgIpc) is 3.90. The highest BCUT2D eigenvalue weighted by Gasteiger charge is 2.48. The second-order valence-electron chi connectivity index (χ2n) is 16.3. The number of aromatic nitrogens is 2. The van der Waals surface area contributed by atoms with Crippen molar-refractivity contribution in [3.63, 3.8) is 0 Å². The van der Waals surface area contributed by atoms with E-state index in [1.807, 2.05) is 0 Å². The molecule has 1 aliphatic heterocycles. The van der Waals surface area contributed by atoms with E-state index < -0.39 is 88.8 Å². The Labute approximate surface area is 330 Å². The lowest BCUT2D eigenvalue weighted by Crippen LogP contribution is -2.63. The van der Waals surface area contributed by atoms with Crippen molar-refractivity contribution in [1.29, 1.82) is 0 Å². The number of carbonyl (C=O) groups excluding carboxylic acids is 5. The van der Waals surface area contributed by atoms with Crippen molar-refractivity contribution in [2.24, 2.45) is 11.3 Å². The SMILES string of the molecule is CCC[C@H](NC(=O)C1C[C@@H](Oc2ccccc2C(F)(F)F)CN1C(O)[C@@H](NC(=O)[C@@H](NC(=O)c1cnccn1)C1CCCCC1)C(C)(C)C)C(=O)C(=O)NC1CC1. The molecule has 0 radical (unpaired) electrons. The van der Waals surface area contributed by atoms with Crippen LogP contribution in [0.1, 0.15) is 108 Å². The van der Waals surface area contributed by atoms with Gasteiger partial charge in [-0.05, 0) is 55.6 Å². The number of para-hydroxylation sites is 1. The lowest BCUT2D eigenvalue weighted by atomic mass is 9.81. The quantitative estimate of drug-likeness (QED) is 0.157. The van der Waals surface area contributed by atoms with E-state index in [2.05, 4.69) is 31.2 Å². The molecule has 1 aromatic heterocycles. The molecule has 2 aromatic rings. The van der Waals surface area contributed by atoms with Crippen molar-refractivity contribution in [3.8, 4) is 5.75 Å². The van der Waals surface area contributed by atoms with Crippen LogP contribution in [0.4, 0.5) is 13.2 Å². The Morgan fingerprint density at radius 2 is 1.67 bits per heavy atom. The van der Waals surface area contributed by atoms with Crippen molar-refractivity contribution >= 4 is 29.4 Å². The van der Waals surface area contributed by atoms with E-state index in [9.17, 15) is 42.3 Å². The molecule has 4 amide bonds. The third-order valence-corrected chi connectivity index (χ3v) is 10.8. The summed E-state index contributed by atoms with van der Waals surface area (Å²) >= 11 is 0. The minimum absolute atomic E-state index is 0.0208. The monoisotopic (exact) mass is 801 g/mol. The predicted molar refractivity (Wildman–Crippen MR) is 201 cm³/mol. The van der Waals surface area contributed by atoms with Crippen LogP contribution >= 0.6 is 0 Å². The van der Waals surface area contributed by atoms with Gasteiger partial charge in [0.25, 0.3) is 11.8 Å². The molecule has 17 heteroatoms. The number of Topliss-reactive ketones (excluding diaryl/α,β-unsaturated/α-hetero) is 1. The van der Waals surface area contributed by atoms with Gasteiger partial charge in [0.2, 0.25) is 17.6 Å². The van der Waals surface area contributed by atoms with Gasteiger partial charge in [-0.15, -0.1) is 0 Å². The van der Waals surface area contributed by atoms with E-state index in [0.717, 1.165) is 38.2 Å². The highest BCUT2D eigenvalue weighted by molar-refractivity contribution is 6.38. The number of alkyl halides is 3. The first-order chi connectivity index (χ1) is 27.0. The number of carbonyl (C=O) groups is 5. The number of halogens is 3. The molecule has 14 nitrogen and oxygen atoms in total. The molecule has 6 atom stereocenters. The summed E-state index contributed by atoms with van der Waals surface area (Å²) in [5.41, 5.74) is -1.88. The standard InChI is InChI=1S/C40H54F3N7O7/c1-5-11-27(32(51)37(55)46-24-16-17-24)47-35(53)29-20-25(57-30-15-10-9-14-26(30)40(41,42)43)22-50(29)38(56)33(39(2,3)4)49-36(54)31(23-12-7-6-8-13-23)48-34(52)28-21-44-18-19-45-28/h9-10,14-15,18-19,21,23-25,27,29,31,33,38,56H,5-8,11-13,16-17,20,22H2,1-4H3,(H,46,55)(H,47,53)(H,48,52)(H,49,54)/t25-,27+,29?,31+,33-,38?/m1/s1. The van der Waals surface area contributed by atoms with Crippen LogP contribution in [-0.2, 0) is 25.4 Å². The number of nitrogens with one attached hydrogen (secondary N) is 4. The van der Waals surface area contributed by atoms with Crippen molar-refractivity contribution in [1.82, 2.24) is 36.1 Å². The molecule has 312 valence electrons. The fourth-order valence-corrected chi connectivity index (χ4v) is 7.58. The van der Waals surface area contributed by atoms with Crippen LogP contribution in [0.3, 0.4) is 0 Å². The molecule has 2 aliphatic carbocycles. The Hall–Kier alpha value is -4.64. The second kappa shape index (κ2) is 18.7. The van der Waals surface area contributed by atoms with E-state index in [-0.39, 0.29) is 37.0 Å². The maximum absolute atomic E-state index is 14.3. The van der Waals surface area contributed by atoms with E-state index >= 15 is 0 Å². The van der Waals surface area contributed by atoms with Crippen molar-refractivity contribution < 1.29 is 47.0 Å². The molecule has 2 saturated carbocycles. The van der Waals surface area contributed by atoms with E-state index in [1.165, 1.54) is 41.7 Å². The topological polar surface area (TPSA) is 192 Å². The molecule has 2 heterocycles. The minimum atomic E-state index is -4.74. The fraction of sp³-hybridized carbons (Fsp3) is 0.625. The first-order valence-corrected chi connectivity index (χ1v) is 19.8. The smallest absolute Gasteiger partial charge is 0.419 e. The van der Waals surface area contributed by atoms with Crippen molar-refractivity contribution in [2.45, 2.75) is 141 Å². The Kier molecular flexibility index (Phi) is 14.3. The van der Waals surface area contributed by atoms with Crippen LogP contribution in [0.25, 0.3) is 0 Å². The first kappa shape index (κ1) is 43.5. The third kappa shape index (κ3) is 11.5. The Morgan fingerprint density at radius 1 is 0.965 bits per heavy atom. The third-order valence-electron chi connectivity index (χ3n) is 10.8. The zero-order chi connectivity index (χ0) is 41.5. The normalized spacial score (nSPS) is 21.4. The van der Waals surface area contributed by atoms with Crippen molar-refractivity contribution in [3.05, 3.63) is 54.1 Å². The molecule has 0 spiro atoms. The molecule has 3 aliphatic rings. The number of aliphatic hydroxyl groups excluding tert-OH is 1.